The Morgan fingerprint density at radius 2 is 1.96 bits per heavy atom. The number of guanidine groups is 1. The molecule has 0 saturated carbocycles. The lowest BCUT2D eigenvalue weighted by atomic mass is 10.1. The fraction of sp³-hybridized carbons (Fsp3) is 0.368. The van der Waals surface area contributed by atoms with E-state index in [-0.39, 0.29) is 24.0 Å². The average Bonchev–Trinajstić information content (AvgIpc) is 3.26. The van der Waals surface area contributed by atoms with Crippen molar-refractivity contribution in [2.45, 2.75) is 32.2 Å². The molecule has 0 spiro atoms. The lowest BCUT2D eigenvalue weighted by molar-refractivity contribution is 0.572. The Hall–Kier alpha value is -1.83. The zero-order valence-corrected chi connectivity index (χ0v) is 17.0. The average molecular weight is 452 g/mol. The summed E-state index contributed by atoms with van der Waals surface area (Å²) in [6, 6.07) is 8.65. The van der Waals surface area contributed by atoms with Crippen molar-refractivity contribution in [3.05, 3.63) is 53.9 Å². The van der Waals surface area contributed by atoms with E-state index in [1.54, 1.807) is 13.3 Å². The molecule has 0 amide bonds. The van der Waals surface area contributed by atoms with Gasteiger partial charge in [0, 0.05) is 31.6 Å². The van der Waals surface area contributed by atoms with Gasteiger partial charge in [0.05, 0.1) is 5.69 Å². The third-order valence-corrected chi connectivity index (χ3v) is 4.10. The number of oxazole rings is 1. The van der Waals surface area contributed by atoms with Gasteiger partial charge in [0.2, 0.25) is 5.89 Å². The van der Waals surface area contributed by atoms with Gasteiger partial charge in [0.15, 0.2) is 5.96 Å². The Labute approximate surface area is 166 Å². The van der Waals surface area contributed by atoms with Gasteiger partial charge in [0.25, 0.3) is 0 Å². The molecule has 3 rings (SSSR count). The monoisotopic (exact) mass is 452 g/mol. The Morgan fingerprint density at radius 3 is 2.64 bits per heavy atom. The molecule has 0 bridgehead atoms. The summed E-state index contributed by atoms with van der Waals surface area (Å²) < 4.78 is 5.59. The van der Waals surface area contributed by atoms with Gasteiger partial charge in [-0.2, -0.15) is 0 Å². The zero-order chi connectivity index (χ0) is 16.8. The maximum Gasteiger partial charge on any atom is 0.226 e. The molecular weight excluding hydrogens is 427 g/mol. The molecule has 6 heteroatoms. The highest BCUT2D eigenvalue weighted by atomic mass is 127. The van der Waals surface area contributed by atoms with Crippen LogP contribution < -0.4 is 10.6 Å². The van der Waals surface area contributed by atoms with Crippen LogP contribution in [0.2, 0.25) is 0 Å². The van der Waals surface area contributed by atoms with Crippen LogP contribution in [0.15, 0.2) is 52.1 Å². The second-order valence-electron chi connectivity index (χ2n) is 6.04. The summed E-state index contributed by atoms with van der Waals surface area (Å²) in [6.45, 7) is 2.83. The fourth-order valence-corrected chi connectivity index (χ4v) is 2.68. The molecular formula is C19H25IN4O. The standard InChI is InChI=1S/C19H24N4O.HI/c1-14-7-9-15(10-8-14)18-22-17(13-24-18)11-12-21-19(20-2)23-16-5-3-4-6-16;/h3-4,7-10,13,16H,5-6,11-12H2,1-2H3,(H2,20,21,23);1H. The molecule has 0 atom stereocenters. The number of aromatic nitrogens is 1. The SMILES string of the molecule is CN=C(NCCc1coc(-c2ccc(C)cc2)n1)NC1CC=CC1.I. The highest BCUT2D eigenvalue weighted by Gasteiger charge is 2.11. The van der Waals surface area contributed by atoms with Crippen molar-refractivity contribution in [2.75, 3.05) is 13.6 Å². The summed E-state index contributed by atoms with van der Waals surface area (Å²) in [4.78, 5) is 8.83. The first kappa shape index (κ1) is 19.5. The van der Waals surface area contributed by atoms with Crippen LogP contribution in [-0.2, 0) is 6.42 Å². The van der Waals surface area contributed by atoms with Gasteiger partial charge in [-0.05, 0) is 31.9 Å². The van der Waals surface area contributed by atoms with Crippen molar-refractivity contribution in [3.8, 4) is 11.5 Å². The quantitative estimate of drug-likeness (QED) is 0.315. The van der Waals surface area contributed by atoms with E-state index >= 15 is 0 Å². The van der Waals surface area contributed by atoms with Gasteiger partial charge in [-0.15, -0.1) is 24.0 Å². The van der Waals surface area contributed by atoms with E-state index in [9.17, 15) is 0 Å². The molecule has 1 aromatic carbocycles. The number of hydrogen-bond donors (Lipinski definition) is 2. The van der Waals surface area contributed by atoms with E-state index in [1.165, 1.54) is 5.56 Å². The van der Waals surface area contributed by atoms with Crippen molar-refractivity contribution in [3.63, 3.8) is 0 Å². The molecule has 1 aliphatic carbocycles. The van der Waals surface area contributed by atoms with E-state index in [2.05, 4.69) is 51.8 Å². The van der Waals surface area contributed by atoms with E-state index < -0.39 is 0 Å². The molecule has 1 aliphatic rings. The number of benzene rings is 1. The van der Waals surface area contributed by atoms with Crippen LogP contribution in [0.3, 0.4) is 0 Å². The number of nitrogens with one attached hydrogen (secondary N) is 2. The number of nitrogens with zero attached hydrogens (tertiary/aromatic N) is 2. The van der Waals surface area contributed by atoms with E-state index in [0.717, 1.165) is 43.0 Å². The first-order valence-electron chi connectivity index (χ1n) is 8.38. The van der Waals surface area contributed by atoms with Crippen LogP contribution in [0.1, 0.15) is 24.1 Å². The number of aryl methyl sites for hydroxylation is 1. The van der Waals surface area contributed by atoms with Crippen molar-refractivity contribution in [1.29, 1.82) is 0 Å². The van der Waals surface area contributed by atoms with Gasteiger partial charge >= 0.3 is 0 Å². The number of aliphatic imine (C=N–C) groups is 1. The van der Waals surface area contributed by atoms with Gasteiger partial charge in [0.1, 0.15) is 6.26 Å². The molecule has 1 aromatic heterocycles. The molecule has 25 heavy (non-hydrogen) atoms. The Morgan fingerprint density at radius 1 is 1.24 bits per heavy atom. The molecule has 5 nitrogen and oxygen atoms in total. The summed E-state index contributed by atoms with van der Waals surface area (Å²) in [5, 5.41) is 6.75. The third kappa shape index (κ3) is 5.59. The Kier molecular flexibility index (Phi) is 7.49. The molecule has 1 heterocycles. The minimum atomic E-state index is 0. The topological polar surface area (TPSA) is 62.5 Å². The predicted molar refractivity (Wildman–Crippen MR) is 112 cm³/mol. The highest BCUT2D eigenvalue weighted by molar-refractivity contribution is 14.0. The molecule has 0 fully saturated rings. The fourth-order valence-electron chi connectivity index (χ4n) is 2.68. The second kappa shape index (κ2) is 9.60. The van der Waals surface area contributed by atoms with E-state index in [4.69, 9.17) is 4.42 Å². The maximum atomic E-state index is 5.59. The summed E-state index contributed by atoms with van der Waals surface area (Å²) in [6.07, 6.45) is 9.04. The van der Waals surface area contributed by atoms with Crippen molar-refractivity contribution < 1.29 is 4.42 Å². The van der Waals surface area contributed by atoms with Gasteiger partial charge in [-0.3, -0.25) is 4.99 Å². The summed E-state index contributed by atoms with van der Waals surface area (Å²) in [5.41, 5.74) is 3.17. The molecule has 0 radical (unpaired) electrons. The van der Waals surface area contributed by atoms with E-state index in [0.29, 0.717) is 11.9 Å². The van der Waals surface area contributed by atoms with Crippen molar-refractivity contribution in [2.24, 2.45) is 4.99 Å². The molecule has 0 aliphatic heterocycles. The van der Waals surface area contributed by atoms with E-state index in [1.807, 2.05) is 12.1 Å². The summed E-state index contributed by atoms with van der Waals surface area (Å²) in [5.74, 6) is 1.51. The molecule has 0 saturated heterocycles. The van der Waals surface area contributed by atoms with Crippen LogP contribution >= 0.6 is 24.0 Å². The minimum Gasteiger partial charge on any atom is -0.444 e. The van der Waals surface area contributed by atoms with Crippen LogP contribution in [0.25, 0.3) is 11.5 Å². The number of rotatable bonds is 5. The van der Waals surface area contributed by atoms with Crippen LogP contribution in [0, 0.1) is 6.92 Å². The first-order chi connectivity index (χ1) is 11.7. The van der Waals surface area contributed by atoms with Gasteiger partial charge < -0.3 is 15.1 Å². The summed E-state index contributed by atoms with van der Waals surface area (Å²) >= 11 is 0. The predicted octanol–water partition coefficient (Wildman–Crippen LogP) is 3.69. The first-order valence-corrected chi connectivity index (χ1v) is 8.38. The van der Waals surface area contributed by atoms with Crippen molar-refractivity contribution in [1.82, 2.24) is 15.6 Å². The lowest BCUT2D eigenvalue weighted by Crippen LogP contribution is -2.43. The normalized spacial score (nSPS) is 14.4. The van der Waals surface area contributed by atoms with Crippen LogP contribution in [0.4, 0.5) is 0 Å². The van der Waals surface area contributed by atoms with Crippen LogP contribution in [-0.4, -0.2) is 30.6 Å². The minimum absolute atomic E-state index is 0. The van der Waals surface area contributed by atoms with Crippen LogP contribution in [0.5, 0.6) is 0 Å². The molecule has 2 aromatic rings. The second-order valence-corrected chi connectivity index (χ2v) is 6.04. The Bertz CT molecular complexity index is 713. The highest BCUT2D eigenvalue weighted by Crippen LogP contribution is 2.19. The molecule has 2 N–H and O–H groups in total. The lowest BCUT2D eigenvalue weighted by Gasteiger charge is -2.16. The largest absolute Gasteiger partial charge is 0.444 e. The number of hydrogen-bond acceptors (Lipinski definition) is 3. The smallest absolute Gasteiger partial charge is 0.226 e. The maximum absolute atomic E-state index is 5.59. The van der Waals surface area contributed by atoms with Gasteiger partial charge in [-0.25, -0.2) is 4.98 Å². The van der Waals surface area contributed by atoms with Crippen molar-refractivity contribution >= 4 is 29.9 Å². The van der Waals surface area contributed by atoms with Gasteiger partial charge in [-0.1, -0.05) is 29.8 Å². The summed E-state index contributed by atoms with van der Waals surface area (Å²) in [7, 11) is 1.79. The molecule has 134 valence electrons. The Balaban J connectivity index is 0.00000225. The zero-order valence-electron chi connectivity index (χ0n) is 14.7. The molecule has 0 unspecified atom stereocenters. The number of halogens is 1. The third-order valence-electron chi connectivity index (χ3n) is 4.10.